The minimum Gasteiger partial charge on any atom is -0.335 e. The van der Waals surface area contributed by atoms with E-state index in [1.54, 1.807) is 33.4 Å². The Kier molecular flexibility index (Phi) is 7.52. The summed E-state index contributed by atoms with van der Waals surface area (Å²) in [5.41, 5.74) is 18.7. The molecule has 304 valence electrons. The van der Waals surface area contributed by atoms with Crippen molar-refractivity contribution in [1.82, 2.24) is 0 Å². The predicted octanol–water partition coefficient (Wildman–Crippen LogP) is 13.4. The molecule has 4 aromatic carbocycles. The molecule has 2 unspecified atom stereocenters. The molecule has 3 aliphatic heterocycles. The van der Waals surface area contributed by atoms with Crippen LogP contribution in [0.5, 0.6) is 0 Å². The van der Waals surface area contributed by atoms with Gasteiger partial charge in [0.05, 0.1) is 11.2 Å². The molecule has 13 rings (SSSR count). The van der Waals surface area contributed by atoms with E-state index in [0.29, 0.717) is 5.92 Å². The van der Waals surface area contributed by atoms with Crippen LogP contribution in [0.1, 0.15) is 167 Å². The summed E-state index contributed by atoms with van der Waals surface area (Å²) in [6.07, 6.45) is 13.7. The van der Waals surface area contributed by atoms with Crippen LogP contribution >= 0.6 is 11.3 Å². The summed E-state index contributed by atoms with van der Waals surface area (Å²) in [6.45, 7) is 24.6. The Morgan fingerprint density at radius 3 is 1.98 bits per heavy atom. The van der Waals surface area contributed by atoms with Gasteiger partial charge in [-0.05, 0) is 173 Å². The first-order chi connectivity index (χ1) is 28.0. The van der Waals surface area contributed by atoms with Gasteiger partial charge < -0.3 is 9.80 Å². The highest BCUT2D eigenvalue weighted by Crippen LogP contribution is 2.65. The van der Waals surface area contributed by atoms with Gasteiger partial charge >= 0.3 is 0 Å². The fourth-order valence-electron chi connectivity index (χ4n) is 14.8. The molecule has 0 N–H and O–H groups in total. The molecule has 2 atom stereocenters. The van der Waals surface area contributed by atoms with Crippen molar-refractivity contribution in [2.75, 3.05) is 9.80 Å². The number of rotatable bonds is 3. The van der Waals surface area contributed by atoms with Crippen LogP contribution in [0.15, 0.2) is 66.7 Å². The maximum atomic E-state index is 3.01. The highest BCUT2D eigenvalue weighted by molar-refractivity contribution is 7.33. The maximum absolute atomic E-state index is 3.01. The Labute approximate surface area is 359 Å². The summed E-state index contributed by atoms with van der Waals surface area (Å²) in [6, 6.07) is 28.3. The third-order valence-corrected chi connectivity index (χ3v) is 19.0. The normalized spacial score (nSPS) is 29.9. The van der Waals surface area contributed by atoms with Crippen molar-refractivity contribution in [3.05, 3.63) is 94.5 Å². The molecule has 5 saturated carbocycles. The predicted molar refractivity (Wildman–Crippen MR) is 255 cm³/mol. The summed E-state index contributed by atoms with van der Waals surface area (Å²) >= 11 is 2.08. The second-order valence-corrected chi connectivity index (χ2v) is 24.9. The van der Waals surface area contributed by atoms with Crippen molar-refractivity contribution in [2.45, 2.75) is 167 Å². The highest BCUT2D eigenvalue weighted by Gasteiger charge is 2.62. The molecule has 0 saturated heterocycles. The first-order valence-electron chi connectivity index (χ1n) is 23.6. The van der Waals surface area contributed by atoms with Crippen LogP contribution in [0, 0.1) is 17.8 Å². The molecule has 1 aromatic heterocycles. The van der Waals surface area contributed by atoms with E-state index in [-0.39, 0.29) is 33.9 Å². The fraction of sp³-hybridized carbons (Fsp3) is 0.527. The van der Waals surface area contributed by atoms with Crippen molar-refractivity contribution in [2.24, 2.45) is 17.8 Å². The van der Waals surface area contributed by atoms with Crippen LogP contribution in [-0.2, 0) is 21.7 Å². The van der Waals surface area contributed by atoms with Gasteiger partial charge in [-0.2, -0.15) is 0 Å². The number of hydrogen-bond acceptors (Lipinski definition) is 3. The van der Waals surface area contributed by atoms with Crippen LogP contribution in [0.3, 0.4) is 0 Å². The van der Waals surface area contributed by atoms with E-state index < -0.39 is 0 Å². The van der Waals surface area contributed by atoms with Gasteiger partial charge in [0.1, 0.15) is 0 Å². The van der Waals surface area contributed by atoms with E-state index in [2.05, 4.69) is 157 Å². The van der Waals surface area contributed by atoms with E-state index in [1.807, 2.05) is 0 Å². The van der Waals surface area contributed by atoms with Crippen molar-refractivity contribution in [3.63, 3.8) is 0 Å². The summed E-state index contributed by atoms with van der Waals surface area (Å²) in [5.74, 6) is 3.18. The molecule has 59 heavy (non-hydrogen) atoms. The molecule has 0 radical (unpaired) electrons. The Bertz CT molecular complexity index is 2560. The van der Waals surface area contributed by atoms with Crippen LogP contribution in [0.4, 0.5) is 28.4 Å². The molecule has 5 aliphatic carbocycles. The van der Waals surface area contributed by atoms with Gasteiger partial charge in [-0.25, -0.2) is 0 Å². The summed E-state index contributed by atoms with van der Waals surface area (Å²) in [7, 11) is 0. The smallest absolute Gasteiger partial charge is 0.264 e. The third kappa shape index (κ3) is 4.93. The van der Waals surface area contributed by atoms with Crippen molar-refractivity contribution in [1.29, 1.82) is 0 Å². The number of thiophene rings is 1. The van der Waals surface area contributed by atoms with Gasteiger partial charge in [0.25, 0.3) is 6.71 Å². The molecule has 0 amide bonds. The Morgan fingerprint density at radius 2 is 1.34 bits per heavy atom. The zero-order valence-corrected chi connectivity index (χ0v) is 38.4. The fourth-order valence-corrected chi connectivity index (χ4v) is 16.1. The molecule has 4 heteroatoms. The second-order valence-electron chi connectivity index (χ2n) is 23.8. The lowest BCUT2D eigenvalue weighted by Crippen LogP contribution is -2.64. The minimum atomic E-state index is 0.0258. The van der Waals surface area contributed by atoms with E-state index in [0.717, 1.165) is 17.8 Å². The number of fused-ring (bicyclic) bond motifs is 9. The average Bonchev–Trinajstić information content (AvgIpc) is 3.65. The van der Waals surface area contributed by atoms with Crippen molar-refractivity contribution < 1.29 is 0 Å². The molecule has 4 heterocycles. The van der Waals surface area contributed by atoms with E-state index in [1.165, 1.54) is 113 Å². The molecular formula is C55H65BN2S. The molecule has 4 bridgehead atoms. The van der Waals surface area contributed by atoms with Crippen molar-refractivity contribution in [3.8, 4) is 0 Å². The first-order valence-corrected chi connectivity index (χ1v) is 24.4. The number of nitrogens with zero attached hydrogens (tertiary/aromatic N) is 2. The van der Waals surface area contributed by atoms with E-state index in [4.69, 9.17) is 0 Å². The van der Waals surface area contributed by atoms with Gasteiger partial charge in [-0.1, -0.05) is 105 Å². The standard InChI is InChI=1S/C55H65BN2S/c1-32(2)36-24-42-49-43(25-36)56-47-44(57(40-16-13-37(14-17-40)51(3,4)5)48-41-26-38(52(6,7)8)15-18-46(41)59-50(48)56)27-39(55-29-33-21-34(30-55)23-35(22-33)31-55)28-45(47)58(49)54(10)20-12-11-19-53(42,54)9/h13-18,24-28,32-35H,11-12,19-23,29-31H2,1-10H3. The topological polar surface area (TPSA) is 6.48 Å². The van der Waals surface area contributed by atoms with Crippen LogP contribution in [0.25, 0.3) is 10.1 Å². The largest absolute Gasteiger partial charge is 0.335 e. The van der Waals surface area contributed by atoms with Gasteiger partial charge in [-0.3, -0.25) is 0 Å². The molecule has 5 fully saturated rings. The molecule has 5 aromatic rings. The van der Waals surface area contributed by atoms with Crippen LogP contribution < -0.4 is 25.5 Å². The lowest BCUT2D eigenvalue weighted by Gasteiger charge is -2.58. The maximum Gasteiger partial charge on any atom is 0.264 e. The summed E-state index contributed by atoms with van der Waals surface area (Å²) < 4.78 is 2.96. The van der Waals surface area contributed by atoms with Crippen molar-refractivity contribution >= 4 is 72.3 Å². The van der Waals surface area contributed by atoms with Crippen LogP contribution in [0.2, 0.25) is 0 Å². The van der Waals surface area contributed by atoms with Gasteiger partial charge in [0.2, 0.25) is 0 Å². The molecular weight excluding hydrogens is 731 g/mol. The SMILES string of the molecule is CC(C)c1cc2c3c(c1)C1(C)CCCCC1(C)N3c1cc(C34CC5CC(CC(C5)C3)C4)cc3c1B2c1sc2ccc(C(C)(C)C)cc2c1N3c1ccc(C(C)(C)C)cc1. The number of anilines is 5. The average molecular weight is 797 g/mol. The zero-order valence-electron chi connectivity index (χ0n) is 37.6. The minimum absolute atomic E-state index is 0.0258. The quantitative estimate of drug-likeness (QED) is 0.165. The molecule has 0 spiro atoms. The monoisotopic (exact) mass is 796 g/mol. The van der Waals surface area contributed by atoms with Gasteiger partial charge in [0.15, 0.2) is 0 Å². The summed E-state index contributed by atoms with van der Waals surface area (Å²) in [5, 5.41) is 1.43. The Balaban J connectivity index is 1.22. The number of hydrogen-bond donors (Lipinski definition) is 0. The lowest BCUT2D eigenvalue weighted by atomic mass is 9.35. The lowest BCUT2D eigenvalue weighted by molar-refractivity contribution is -0.00515. The number of benzene rings is 4. The molecule has 2 nitrogen and oxygen atoms in total. The zero-order chi connectivity index (χ0) is 40.8. The molecule has 8 aliphatic rings. The Hall–Kier alpha value is -3.50. The van der Waals surface area contributed by atoms with Gasteiger partial charge in [0, 0.05) is 43.0 Å². The van der Waals surface area contributed by atoms with Gasteiger partial charge in [-0.15, -0.1) is 11.3 Å². The summed E-state index contributed by atoms with van der Waals surface area (Å²) in [4.78, 5) is 5.81. The third-order valence-electron chi connectivity index (χ3n) is 17.8. The van der Waals surface area contributed by atoms with E-state index in [9.17, 15) is 0 Å². The highest BCUT2D eigenvalue weighted by atomic mass is 32.1. The van der Waals surface area contributed by atoms with Crippen LogP contribution in [-0.4, -0.2) is 12.3 Å². The first kappa shape index (κ1) is 37.3. The second kappa shape index (κ2) is 11.9. The van der Waals surface area contributed by atoms with E-state index >= 15 is 0 Å². The Morgan fingerprint density at radius 1 is 0.712 bits per heavy atom.